The van der Waals surface area contributed by atoms with Crippen molar-refractivity contribution < 1.29 is 28.9 Å². The molecule has 2 amide bonds. The number of aromatic nitrogens is 2. The van der Waals surface area contributed by atoms with Gasteiger partial charge in [0.2, 0.25) is 0 Å². The van der Waals surface area contributed by atoms with E-state index in [9.17, 15) is 19.5 Å². The SMILES string of the molecule is CO/N=C(\C(=O)NC1C(=O)N2C(C(=O)[O-])=C(/C=C/C[n+]3cccc(N)c3)CS[C@@H]12)c1csc(N)n1. The quantitative estimate of drug-likeness (QED) is 0.165. The van der Waals surface area contributed by atoms with Gasteiger partial charge in [-0.1, -0.05) is 11.2 Å². The molecule has 35 heavy (non-hydrogen) atoms. The van der Waals surface area contributed by atoms with E-state index in [1.807, 2.05) is 10.8 Å². The third kappa shape index (κ3) is 4.97. The van der Waals surface area contributed by atoms with Crippen molar-refractivity contribution in [2.24, 2.45) is 5.16 Å². The van der Waals surface area contributed by atoms with Crippen molar-refractivity contribution in [3.05, 3.63) is 59.0 Å². The number of allylic oxidation sites excluding steroid dienone is 2. The second-order valence-corrected chi connectivity index (χ2v) is 9.45. The third-order valence-electron chi connectivity index (χ3n) is 5.16. The number of nitrogens with one attached hydrogen (secondary N) is 1. The lowest BCUT2D eigenvalue weighted by molar-refractivity contribution is -0.686. The van der Waals surface area contributed by atoms with Gasteiger partial charge >= 0.3 is 0 Å². The normalized spacial score (nSPS) is 20.0. The zero-order chi connectivity index (χ0) is 25.1. The second-order valence-electron chi connectivity index (χ2n) is 7.45. The van der Waals surface area contributed by atoms with E-state index in [4.69, 9.17) is 16.3 Å². The Morgan fingerprint density at radius 3 is 2.91 bits per heavy atom. The molecule has 2 aromatic rings. The molecule has 1 unspecified atom stereocenters. The summed E-state index contributed by atoms with van der Waals surface area (Å²) < 4.78 is 1.83. The van der Waals surface area contributed by atoms with E-state index in [0.717, 1.165) is 16.2 Å². The van der Waals surface area contributed by atoms with E-state index in [-0.39, 0.29) is 22.2 Å². The lowest BCUT2D eigenvalue weighted by atomic mass is 10.0. The number of oxime groups is 1. The molecular weight excluding hydrogens is 494 g/mol. The Hall–Kier alpha value is -3.91. The van der Waals surface area contributed by atoms with Crippen LogP contribution in [0.4, 0.5) is 10.8 Å². The Balaban J connectivity index is 1.49. The van der Waals surface area contributed by atoms with Gasteiger partial charge in [-0.2, -0.15) is 4.57 Å². The molecule has 5 N–H and O–H groups in total. The van der Waals surface area contributed by atoms with Gasteiger partial charge in [-0.15, -0.1) is 23.1 Å². The summed E-state index contributed by atoms with van der Waals surface area (Å²) in [5.41, 5.74) is 12.3. The van der Waals surface area contributed by atoms with Crippen LogP contribution in [0.5, 0.6) is 0 Å². The summed E-state index contributed by atoms with van der Waals surface area (Å²) in [5.74, 6) is -2.42. The minimum atomic E-state index is -1.47. The molecule has 1 saturated heterocycles. The van der Waals surface area contributed by atoms with E-state index in [0.29, 0.717) is 23.6 Å². The van der Waals surface area contributed by atoms with Crippen LogP contribution >= 0.6 is 23.1 Å². The van der Waals surface area contributed by atoms with E-state index in [2.05, 4.69) is 15.5 Å². The Kier molecular flexibility index (Phi) is 7.02. The van der Waals surface area contributed by atoms with E-state index in [1.54, 1.807) is 30.5 Å². The lowest BCUT2D eigenvalue weighted by Gasteiger charge is -2.50. The van der Waals surface area contributed by atoms with Gasteiger partial charge in [0.15, 0.2) is 29.8 Å². The Morgan fingerprint density at radius 2 is 2.26 bits per heavy atom. The van der Waals surface area contributed by atoms with Gasteiger partial charge in [0.25, 0.3) is 11.8 Å². The maximum absolute atomic E-state index is 12.9. The number of hydrogen-bond acceptors (Lipinski definition) is 11. The van der Waals surface area contributed by atoms with Crippen LogP contribution in [-0.2, 0) is 25.8 Å². The fraction of sp³-hybridized carbons (Fsp3) is 0.238. The lowest BCUT2D eigenvalue weighted by Crippen LogP contribution is -2.71. The Bertz CT molecular complexity index is 1270. The minimum Gasteiger partial charge on any atom is -0.543 e. The highest BCUT2D eigenvalue weighted by Gasteiger charge is 2.53. The Labute approximate surface area is 207 Å². The summed E-state index contributed by atoms with van der Waals surface area (Å²) in [6.45, 7) is 0.457. The summed E-state index contributed by atoms with van der Waals surface area (Å²) in [6, 6.07) is 2.61. The Morgan fingerprint density at radius 1 is 1.46 bits per heavy atom. The average Bonchev–Trinajstić information content (AvgIpc) is 3.26. The van der Waals surface area contributed by atoms with Gasteiger partial charge in [0, 0.05) is 17.2 Å². The van der Waals surface area contributed by atoms with E-state index >= 15 is 0 Å². The summed E-state index contributed by atoms with van der Waals surface area (Å²) in [5, 5.41) is 19.4. The third-order valence-corrected chi connectivity index (χ3v) is 7.13. The molecule has 4 heterocycles. The number of fused-ring (bicyclic) bond motifs is 1. The summed E-state index contributed by atoms with van der Waals surface area (Å²) in [7, 11) is 1.27. The summed E-state index contributed by atoms with van der Waals surface area (Å²) in [6.07, 6.45) is 7.00. The summed E-state index contributed by atoms with van der Waals surface area (Å²) >= 11 is 2.45. The molecule has 4 rings (SSSR count). The fourth-order valence-corrected chi connectivity index (χ4v) is 5.50. The molecule has 2 aromatic heterocycles. The van der Waals surface area contributed by atoms with Crippen molar-refractivity contribution in [1.29, 1.82) is 0 Å². The smallest absolute Gasteiger partial charge is 0.276 e. The molecular formula is C21H21N7O5S2. The number of nitrogens with zero attached hydrogens (tertiary/aromatic N) is 4. The molecule has 0 bridgehead atoms. The first kappa shape index (κ1) is 24.2. The maximum Gasteiger partial charge on any atom is 0.276 e. The van der Waals surface area contributed by atoms with Crippen LogP contribution in [0.2, 0.25) is 0 Å². The monoisotopic (exact) mass is 515 g/mol. The van der Waals surface area contributed by atoms with Gasteiger partial charge in [-0.3, -0.25) is 14.5 Å². The number of carbonyl (C=O) groups excluding carboxylic acids is 3. The van der Waals surface area contributed by atoms with Crippen LogP contribution in [0, 0.1) is 0 Å². The number of rotatable bonds is 8. The number of carbonyl (C=O) groups is 3. The van der Waals surface area contributed by atoms with Crippen molar-refractivity contribution in [2.75, 3.05) is 24.3 Å². The summed E-state index contributed by atoms with van der Waals surface area (Å²) in [4.78, 5) is 47.5. The number of anilines is 2. The van der Waals surface area contributed by atoms with E-state index < -0.39 is 29.2 Å². The fourth-order valence-electron chi connectivity index (χ4n) is 3.63. The van der Waals surface area contributed by atoms with Crippen molar-refractivity contribution in [1.82, 2.24) is 15.2 Å². The van der Waals surface area contributed by atoms with Crippen LogP contribution in [-0.4, -0.2) is 57.7 Å². The highest BCUT2D eigenvalue weighted by molar-refractivity contribution is 8.00. The van der Waals surface area contributed by atoms with Gasteiger partial charge in [0.05, 0.1) is 17.4 Å². The van der Waals surface area contributed by atoms with Gasteiger partial charge in [0.1, 0.15) is 24.2 Å². The molecule has 0 saturated carbocycles. The molecule has 12 nitrogen and oxygen atoms in total. The predicted octanol–water partition coefficient (Wildman–Crippen LogP) is -1.39. The zero-order valence-electron chi connectivity index (χ0n) is 18.4. The first-order chi connectivity index (χ1) is 16.8. The molecule has 182 valence electrons. The maximum atomic E-state index is 12.9. The molecule has 1 fully saturated rings. The molecule has 0 radical (unpaired) electrons. The minimum absolute atomic E-state index is 0.147. The topological polar surface area (TPSA) is 180 Å². The number of amides is 2. The number of thioether (sulfide) groups is 1. The number of β-lactam (4-membered cyclic amide) rings is 1. The first-order valence-electron chi connectivity index (χ1n) is 10.2. The van der Waals surface area contributed by atoms with Crippen LogP contribution in [0.15, 0.2) is 58.5 Å². The van der Waals surface area contributed by atoms with Crippen LogP contribution in [0.1, 0.15) is 5.69 Å². The molecule has 2 atom stereocenters. The van der Waals surface area contributed by atoms with Crippen molar-refractivity contribution in [2.45, 2.75) is 18.0 Å². The molecule has 2 aliphatic heterocycles. The van der Waals surface area contributed by atoms with Crippen LogP contribution in [0.25, 0.3) is 0 Å². The van der Waals surface area contributed by atoms with Crippen LogP contribution in [0.3, 0.4) is 0 Å². The number of nitrogen functional groups attached to an aromatic ring is 2. The number of nitrogens with two attached hydrogens (primary N) is 2. The van der Waals surface area contributed by atoms with Crippen molar-refractivity contribution >= 4 is 57.4 Å². The number of pyridine rings is 1. The molecule has 0 aromatic carbocycles. The highest BCUT2D eigenvalue weighted by Crippen LogP contribution is 2.40. The van der Waals surface area contributed by atoms with Crippen LogP contribution < -0.4 is 26.5 Å². The largest absolute Gasteiger partial charge is 0.543 e. The standard InChI is InChI=1S/C21H21N7O5S2/c1-33-26-14(13-10-35-21(23)24-13)17(29)25-15-18(30)28-16(20(31)32)11(9-34-19(15)28)4-2-6-27-7-3-5-12(22)8-27/h2-5,7-8,10,15,19H,6,9,22H2,1H3,(H3-,23,24,25,29,31,32)/b4-2+,26-14-/t15?,19-/m0/s1. The number of carboxylic acid groups (broad SMARTS) is 1. The predicted molar refractivity (Wildman–Crippen MR) is 127 cm³/mol. The molecule has 0 aliphatic carbocycles. The zero-order valence-corrected chi connectivity index (χ0v) is 20.0. The number of carboxylic acids is 1. The molecule has 0 spiro atoms. The van der Waals surface area contributed by atoms with Gasteiger partial charge in [-0.25, -0.2) is 4.98 Å². The second kappa shape index (κ2) is 10.1. The number of aliphatic carboxylic acids is 1. The van der Waals surface area contributed by atoms with Gasteiger partial charge < -0.3 is 31.5 Å². The highest BCUT2D eigenvalue weighted by atomic mass is 32.2. The number of thiazole rings is 1. The van der Waals surface area contributed by atoms with Crippen molar-refractivity contribution in [3.8, 4) is 0 Å². The van der Waals surface area contributed by atoms with Crippen molar-refractivity contribution in [3.63, 3.8) is 0 Å². The first-order valence-corrected chi connectivity index (χ1v) is 12.2. The number of hydrogen-bond donors (Lipinski definition) is 3. The molecule has 14 heteroatoms. The molecule has 2 aliphatic rings. The average molecular weight is 516 g/mol. The van der Waals surface area contributed by atoms with E-state index in [1.165, 1.54) is 24.3 Å². The van der Waals surface area contributed by atoms with Gasteiger partial charge in [-0.05, 0) is 17.7 Å².